The summed E-state index contributed by atoms with van der Waals surface area (Å²) in [5.74, 6) is -0.481. The number of allylic oxidation sites excluding steroid dienone is 2. The Morgan fingerprint density at radius 1 is 1.17 bits per heavy atom. The molecule has 0 atom stereocenters. The molecule has 0 aliphatic carbocycles. The lowest BCUT2D eigenvalue weighted by atomic mass is 10.6. The Kier molecular flexibility index (Phi) is 4.38. The monoisotopic (exact) mass is 165 g/mol. The lowest BCUT2D eigenvalue weighted by Gasteiger charge is -2.01. The van der Waals surface area contributed by atoms with Crippen molar-refractivity contribution in [1.29, 1.82) is 0 Å². The minimum atomic E-state index is -0.241. The number of amides is 2. The number of carbonyl (C=O) groups excluding carboxylic acids is 2. The SMILES string of the molecule is C=CC=C.CN1C(=O)C=CC1=O. The van der Waals surface area contributed by atoms with Gasteiger partial charge >= 0.3 is 0 Å². The predicted octanol–water partition coefficient (Wildman–Crippen LogP) is 0.900. The van der Waals surface area contributed by atoms with Crippen LogP contribution in [-0.4, -0.2) is 23.8 Å². The molecule has 0 saturated heterocycles. The molecule has 0 saturated carbocycles. The molecule has 0 unspecified atom stereocenters. The normalized spacial score (nSPS) is 13.9. The Hall–Kier alpha value is -1.64. The molecule has 3 nitrogen and oxygen atoms in total. The van der Waals surface area contributed by atoms with Crippen LogP contribution in [0.5, 0.6) is 0 Å². The zero-order valence-corrected chi connectivity index (χ0v) is 6.99. The van der Waals surface area contributed by atoms with Crippen LogP contribution in [0.25, 0.3) is 0 Å². The summed E-state index contributed by atoms with van der Waals surface area (Å²) in [5, 5.41) is 0. The molecule has 0 spiro atoms. The van der Waals surface area contributed by atoms with Crippen LogP contribution in [0, 0.1) is 0 Å². The van der Waals surface area contributed by atoms with Crippen LogP contribution >= 0.6 is 0 Å². The third-order valence-corrected chi connectivity index (χ3v) is 1.20. The first kappa shape index (κ1) is 10.4. The molecular formula is C9H11NO2. The average Bonchev–Trinajstić information content (AvgIpc) is 2.37. The summed E-state index contributed by atoms with van der Waals surface area (Å²) >= 11 is 0. The molecule has 2 amide bonds. The van der Waals surface area contributed by atoms with Gasteiger partial charge in [-0.3, -0.25) is 14.5 Å². The van der Waals surface area contributed by atoms with Gasteiger partial charge in [-0.25, -0.2) is 0 Å². The Labute approximate surface area is 71.7 Å². The van der Waals surface area contributed by atoms with Crippen LogP contribution in [0.4, 0.5) is 0 Å². The van der Waals surface area contributed by atoms with Gasteiger partial charge in [0.05, 0.1) is 0 Å². The van der Waals surface area contributed by atoms with Gasteiger partial charge in [0.2, 0.25) is 0 Å². The molecule has 1 aliphatic heterocycles. The lowest BCUT2D eigenvalue weighted by Crippen LogP contribution is -2.24. The summed E-state index contributed by atoms with van der Waals surface area (Å²) in [7, 11) is 1.45. The topological polar surface area (TPSA) is 37.4 Å². The molecule has 0 radical (unpaired) electrons. The highest BCUT2D eigenvalue weighted by Crippen LogP contribution is 1.97. The van der Waals surface area contributed by atoms with Gasteiger partial charge in [0.25, 0.3) is 11.8 Å². The van der Waals surface area contributed by atoms with E-state index in [1.54, 1.807) is 12.2 Å². The highest BCUT2D eigenvalue weighted by molar-refractivity contribution is 6.12. The summed E-state index contributed by atoms with van der Waals surface area (Å²) in [6, 6.07) is 0. The number of nitrogens with zero attached hydrogens (tertiary/aromatic N) is 1. The van der Waals surface area contributed by atoms with Gasteiger partial charge in [-0.05, 0) is 0 Å². The molecular weight excluding hydrogens is 154 g/mol. The number of likely N-dealkylation sites (N-methyl/N-ethyl adjacent to an activating group) is 1. The molecule has 0 aromatic heterocycles. The summed E-state index contributed by atoms with van der Waals surface area (Å²) in [5.41, 5.74) is 0. The molecule has 0 aromatic carbocycles. The van der Waals surface area contributed by atoms with Crippen molar-refractivity contribution in [2.75, 3.05) is 7.05 Å². The van der Waals surface area contributed by atoms with Crippen LogP contribution in [0.1, 0.15) is 0 Å². The quantitative estimate of drug-likeness (QED) is 0.427. The third kappa shape index (κ3) is 2.96. The Bertz CT molecular complexity index is 217. The second kappa shape index (κ2) is 5.07. The van der Waals surface area contributed by atoms with Gasteiger partial charge in [0, 0.05) is 19.2 Å². The standard InChI is InChI=1S/C5H5NO2.C4H6/c1-6-4(7)2-3-5(6)8;1-3-4-2/h2-3H,1H3;3-4H,1-2H2. The van der Waals surface area contributed by atoms with Crippen molar-refractivity contribution in [2.45, 2.75) is 0 Å². The van der Waals surface area contributed by atoms with Crippen molar-refractivity contribution < 1.29 is 9.59 Å². The van der Waals surface area contributed by atoms with Gasteiger partial charge in [-0.1, -0.05) is 25.3 Å². The fraction of sp³-hybridized carbons (Fsp3) is 0.111. The second-order valence-electron chi connectivity index (χ2n) is 2.04. The maximum absolute atomic E-state index is 10.4. The first-order chi connectivity index (χ1) is 5.63. The average molecular weight is 165 g/mol. The Balaban J connectivity index is 0.000000261. The van der Waals surface area contributed by atoms with Crippen LogP contribution < -0.4 is 0 Å². The van der Waals surface area contributed by atoms with Crippen molar-refractivity contribution in [2.24, 2.45) is 0 Å². The summed E-state index contributed by atoms with van der Waals surface area (Å²) in [6.07, 6.45) is 5.78. The van der Waals surface area contributed by atoms with E-state index in [4.69, 9.17) is 0 Å². The van der Waals surface area contributed by atoms with E-state index in [9.17, 15) is 9.59 Å². The molecule has 0 bridgehead atoms. The third-order valence-electron chi connectivity index (χ3n) is 1.20. The largest absolute Gasteiger partial charge is 0.279 e. The van der Waals surface area contributed by atoms with Gasteiger partial charge in [-0.15, -0.1) is 0 Å². The minimum Gasteiger partial charge on any atom is -0.279 e. The fourth-order valence-electron chi connectivity index (χ4n) is 0.475. The number of carbonyl (C=O) groups is 2. The van der Waals surface area contributed by atoms with E-state index in [2.05, 4.69) is 13.2 Å². The van der Waals surface area contributed by atoms with Gasteiger partial charge < -0.3 is 0 Å². The number of imide groups is 1. The summed E-state index contributed by atoms with van der Waals surface area (Å²) in [6.45, 7) is 6.72. The second-order valence-corrected chi connectivity index (χ2v) is 2.04. The van der Waals surface area contributed by atoms with E-state index >= 15 is 0 Å². The molecule has 3 heteroatoms. The number of hydrogen-bond acceptors (Lipinski definition) is 2. The smallest absolute Gasteiger partial charge is 0.253 e. The van der Waals surface area contributed by atoms with Crippen LogP contribution in [-0.2, 0) is 9.59 Å². The lowest BCUT2D eigenvalue weighted by molar-refractivity contribution is -0.135. The molecule has 0 N–H and O–H groups in total. The molecule has 0 aromatic rings. The highest BCUT2D eigenvalue weighted by Gasteiger charge is 2.17. The van der Waals surface area contributed by atoms with Gasteiger partial charge in [-0.2, -0.15) is 0 Å². The van der Waals surface area contributed by atoms with E-state index in [0.717, 1.165) is 4.90 Å². The molecule has 64 valence electrons. The van der Waals surface area contributed by atoms with E-state index < -0.39 is 0 Å². The van der Waals surface area contributed by atoms with Crippen LogP contribution in [0.2, 0.25) is 0 Å². The minimum absolute atomic E-state index is 0.241. The maximum atomic E-state index is 10.4. The van der Waals surface area contributed by atoms with Crippen molar-refractivity contribution in [3.63, 3.8) is 0 Å². The number of rotatable bonds is 1. The first-order valence-corrected chi connectivity index (χ1v) is 3.36. The van der Waals surface area contributed by atoms with Crippen molar-refractivity contribution in [3.8, 4) is 0 Å². The van der Waals surface area contributed by atoms with Gasteiger partial charge in [0.1, 0.15) is 0 Å². The van der Waals surface area contributed by atoms with Crippen molar-refractivity contribution in [1.82, 2.24) is 4.90 Å². The zero-order valence-electron chi connectivity index (χ0n) is 6.99. The molecule has 1 heterocycles. The number of hydrogen-bond donors (Lipinski definition) is 0. The van der Waals surface area contributed by atoms with Crippen LogP contribution in [0.15, 0.2) is 37.5 Å². The van der Waals surface area contributed by atoms with E-state index in [1.807, 2.05) is 0 Å². The maximum Gasteiger partial charge on any atom is 0.253 e. The van der Waals surface area contributed by atoms with E-state index in [1.165, 1.54) is 19.2 Å². The molecule has 1 aliphatic rings. The predicted molar refractivity (Wildman–Crippen MR) is 47.3 cm³/mol. The highest BCUT2D eigenvalue weighted by atomic mass is 16.2. The van der Waals surface area contributed by atoms with Crippen molar-refractivity contribution in [3.05, 3.63) is 37.5 Å². The Morgan fingerprint density at radius 3 is 1.58 bits per heavy atom. The molecule has 1 rings (SSSR count). The molecule has 12 heavy (non-hydrogen) atoms. The summed E-state index contributed by atoms with van der Waals surface area (Å²) in [4.78, 5) is 21.9. The van der Waals surface area contributed by atoms with Crippen LogP contribution in [0.3, 0.4) is 0 Å². The van der Waals surface area contributed by atoms with E-state index in [-0.39, 0.29) is 11.8 Å². The van der Waals surface area contributed by atoms with Crippen molar-refractivity contribution >= 4 is 11.8 Å². The first-order valence-electron chi connectivity index (χ1n) is 3.36. The van der Waals surface area contributed by atoms with E-state index in [0.29, 0.717) is 0 Å². The van der Waals surface area contributed by atoms with Gasteiger partial charge in [0.15, 0.2) is 0 Å². The Morgan fingerprint density at radius 2 is 1.50 bits per heavy atom. The molecule has 0 fully saturated rings. The fourth-order valence-corrected chi connectivity index (χ4v) is 0.475. The summed E-state index contributed by atoms with van der Waals surface area (Å²) < 4.78 is 0. The zero-order chi connectivity index (χ0) is 9.56.